The summed E-state index contributed by atoms with van der Waals surface area (Å²) in [5.41, 5.74) is 0. The highest BCUT2D eigenvalue weighted by atomic mass is 35.5. The van der Waals surface area contributed by atoms with Crippen LogP contribution in [0.1, 0.15) is 6.92 Å². The lowest BCUT2D eigenvalue weighted by Gasteiger charge is -2.19. The van der Waals surface area contributed by atoms with Crippen LogP contribution in [0.5, 0.6) is 0 Å². The fourth-order valence-electron chi connectivity index (χ4n) is 0.838. The average Bonchev–Trinajstić information content (AvgIpc) is 2.14. The molecule has 0 aliphatic carbocycles. The lowest BCUT2D eigenvalue weighted by Crippen LogP contribution is -2.39. The largest absolute Gasteiger partial charge is 0.480 e. The molecule has 0 rings (SSSR count). The highest BCUT2D eigenvalue weighted by molar-refractivity contribution is 5.90. The minimum Gasteiger partial charge on any atom is -0.480 e. The molecule has 0 heterocycles. The molecule has 6 heteroatoms. The van der Waals surface area contributed by atoms with Crippen LogP contribution in [0.15, 0.2) is 12.2 Å². The first-order valence-corrected chi connectivity index (χ1v) is 4.67. The van der Waals surface area contributed by atoms with Gasteiger partial charge in [0.2, 0.25) is 5.91 Å². The van der Waals surface area contributed by atoms with Gasteiger partial charge in [-0.1, -0.05) is 6.08 Å². The number of hydrogen-bond acceptors (Lipinski definition) is 3. The molecular weight excluding hydrogens is 232 g/mol. The highest BCUT2D eigenvalue weighted by Gasteiger charge is 2.19. The number of carbonyl (C=O) groups excluding carboxylic acids is 1. The van der Waals surface area contributed by atoms with Gasteiger partial charge in [0.15, 0.2) is 0 Å². The van der Waals surface area contributed by atoms with Crippen molar-refractivity contribution in [3.8, 4) is 0 Å². The molecule has 0 aromatic carbocycles. The van der Waals surface area contributed by atoms with Crippen molar-refractivity contribution in [2.75, 3.05) is 27.7 Å². The van der Waals surface area contributed by atoms with Crippen LogP contribution in [0.2, 0.25) is 0 Å². The number of carboxylic acid groups (broad SMARTS) is 1. The molecule has 1 N–H and O–H groups in total. The Labute approximate surface area is 102 Å². The van der Waals surface area contributed by atoms with Crippen LogP contribution in [0.25, 0.3) is 0 Å². The fourth-order valence-corrected chi connectivity index (χ4v) is 0.838. The zero-order valence-electron chi connectivity index (χ0n) is 10.0. The first kappa shape index (κ1) is 17.3. The number of hydrogen-bond donors (Lipinski definition) is 1. The zero-order chi connectivity index (χ0) is 12.0. The maximum Gasteiger partial charge on any atom is 0.326 e. The molecule has 1 amide bonds. The molecule has 0 spiro atoms. The molecule has 0 aliphatic rings. The summed E-state index contributed by atoms with van der Waals surface area (Å²) in [5.74, 6) is -1.31. The smallest absolute Gasteiger partial charge is 0.326 e. The van der Waals surface area contributed by atoms with E-state index in [1.165, 1.54) is 24.9 Å². The van der Waals surface area contributed by atoms with Gasteiger partial charge in [-0.3, -0.25) is 4.79 Å². The lowest BCUT2D eigenvalue weighted by atomic mass is 10.3. The summed E-state index contributed by atoms with van der Waals surface area (Å²) in [6.07, 6.45) is 3.09. The van der Waals surface area contributed by atoms with E-state index in [0.717, 1.165) is 0 Å². The molecule has 0 saturated heterocycles. The second kappa shape index (κ2) is 8.13. The molecule has 0 radical (unpaired) electrons. The van der Waals surface area contributed by atoms with Crippen LogP contribution in [0.3, 0.4) is 0 Å². The normalized spacial score (nSPS) is 12.3. The SMILES string of the molecule is C[C@@H](C(=O)O)N(C)C(=O)/C=C/CN(C)C.Cl. The summed E-state index contributed by atoms with van der Waals surface area (Å²) < 4.78 is 0. The van der Waals surface area contributed by atoms with E-state index in [1.54, 1.807) is 6.08 Å². The minimum absolute atomic E-state index is 0. The zero-order valence-corrected chi connectivity index (χ0v) is 10.8. The summed E-state index contributed by atoms with van der Waals surface area (Å²) in [4.78, 5) is 25.1. The predicted molar refractivity (Wildman–Crippen MR) is 64.8 cm³/mol. The van der Waals surface area contributed by atoms with Crippen molar-refractivity contribution in [2.24, 2.45) is 0 Å². The Morgan fingerprint density at radius 3 is 2.19 bits per heavy atom. The molecule has 0 aromatic heterocycles. The third kappa shape index (κ3) is 6.42. The topological polar surface area (TPSA) is 60.9 Å². The summed E-state index contributed by atoms with van der Waals surface area (Å²) in [7, 11) is 5.25. The van der Waals surface area contributed by atoms with Gasteiger partial charge in [-0.2, -0.15) is 0 Å². The Morgan fingerprint density at radius 1 is 1.31 bits per heavy atom. The van der Waals surface area contributed by atoms with Crippen molar-refractivity contribution >= 4 is 24.3 Å². The van der Waals surface area contributed by atoms with Gasteiger partial charge in [-0.15, -0.1) is 12.4 Å². The molecule has 0 aliphatic heterocycles. The van der Waals surface area contributed by atoms with Crippen molar-refractivity contribution in [1.29, 1.82) is 0 Å². The van der Waals surface area contributed by atoms with Crippen molar-refractivity contribution in [3.63, 3.8) is 0 Å². The number of nitrogens with zero attached hydrogens (tertiary/aromatic N) is 2. The van der Waals surface area contributed by atoms with E-state index >= 15 is 0 Å². The third-order valence-corrected chi connectivity index (χ3v) is 2.02. The van der Waals surface area contributed by atoms with Crippen LogP contribution >= 0.6 is 12.4 Å². The Balaban J connectivity index is 0. The van der Waals surface area contributed by atoms with Crippen LogP contribution in [-0.4, -0.2) is 60.5 Å². The van der Waals surface area contributed by atoms with Crippen molar-refractivity contribution in [3.05, 3.63) is 12.2 Å². The second-order valence-electron chi connectivity index (χ2n) is 3.63. The lowest BCUT2D eigenvalue weighted by molar-refractivity contribution is -0.146. The molecule has 0 aromatic rings. The molecule has 94 valence electrons. The Kier molecular flexibility index (Phi) is 8.80. The monoisotopic (exact) mass is 250 g/mol. The Morgan fingerprint density at radius 2 is 1.81 bits per heavy atom. The number of rotatable bonds is 5. The summed E-state index contributed by atoms with van der Waals surface area (Å²) in [6, 6.07) is -0.804. The van der Waals surface area contributed by atoms with Gasteiger partial charge in [0, 0.05) is 19.7 Å². The molecule has 0 fully saturated rings. The van der Waals surface area contributed by atoms with E-state index < -0.39 is 12.0 Å². The number of carboxylic acids is 1. The minimum atomic E-state index is -1.01. The van der Waals surface area contributed by atoms with Crippen LogP contribution in [0.4, 0.5) is 0 Å². The number of carbonyl (C=O) groups is 2. The van der Waals surface area contributed by atoms with E-state index in [4.69, 9.17) is 5.11 Å². The van der Waals surface area contributed by atoms with E-state index in [9.17, 15) is 9.59 Å². The van der Waals surface area contributed by atoms with E-state index in [1.807, 2.05) is 19.0 Å². The van der Waals surface area contributed by atoms with Gasteiger partial charge in [-0.25, -0.2) is 4.79 Å². The molecular formula is C10H19ClN2O3. The second-order valence-corrected chi connectivity index (χ2v) is 3.63. The van der Waals surface area contributed by atoms with Crippen molar-refractivity contribution in [2.45, 2.75) is 13.0 Å². The summed E-state index contributed by atoms with van der Waals surface area (Å²) in [6.45, 7) is 2.13. The maximum absolute atomic E-state index is 11.4. The molecule has 0 unspecified atom stereocenters. The molecule has 5 nitrogen and oxygen atoms in total. The van der Waals surface area contributed by atoms with Gasteiger partial charge in [-0.05, 0) is 21.0 Å². The quantitative estimate of drug-likeness (QED) is 0.720. The maximum atomic E-state index is 11.4. The van der Waals surface area contributed by atoms with Gasteiger partial charge < -0.3 is 14.9 Å². The first-order valence-electron chi connectivity index (χ1n) is 4.67. The molecule has 0 bridgehead atoms. The Bertz CT molecular complexity index is 267. The third-order valence-electron chi connectivity index (χ3n) is 2.02. The summed E-state index contributed by atoms with van der Waals surface area (Å²) >= 11 is 0. The van der Waals surface area contributed by atoms with Gasteiger partial charge in [0.05, 0.1) is 0 Å². The van der Waals surface area contributed by atoms with Crippen LogP contribution < -0.4 is 0 Å². The standard InChI is InChI=1S/C10H18N2O3.ClH/c1-8(10(14)15)12(4)9(13)6-5-7-11(2)3;/h5-6,8H,7H2,1-4H3,(H,14,15);1H/b6-5+;/t8-;/m0./s1. The Hall–Kier alpha value is -1.07. The van der Waals surface area contributed by atoms with Crippen LogP contribution in [-0.2, 0) is 9.59 Å². The number of amides is 1. The summed E-state index contributed by atoms with van der Waals surface area (Å²) in [5, 5.41) is 8.69. The number of aliphatic carboxylic acids is 1. The average molecular weight is 251 g/mol. The van der Waals surface area contributed by atoms with E-state index in [0.29, 0.717) is 6.54 Å². The number of halogens is 1. The van der Waals surface area contributed by atoms with Crippen molar-refractivity contribution < 1.29 is 14.7 Å². The molecule has 1 atom stereocenters. The fraction of sp³-hybridized carbons (Fsp3) is 0.600. The number of likely N-dealkylation sites (N-methyl/N-ethyl adjacent to an activating group) is 2. The van der Waals surface area contributed by atoms with Gasteiger partial charge >= 0.3 is 5.97 Å². The van der Waals surface area contributed by atoms with Crippen molar-refractivity contribution in [1.82, 2.24) is 9.80 Å². The van der Waals surface area contributed by atoms with E-state index in [2.05, 4.69) is 0 Å². The first-order chi connectivity index (χ1) is 6.86. The van der Waals surface area contributed by atoms with Gasteiger partial charge in [0.25, 0.3) is 0 Å². The van der Waals surface area contributed by atoms with E-state index in [-0.39, 0.29) is 18.3 Å². The van der Waals surface area contributed by atoms with Crippen LogP contribution in [0, 0.1) is 0 Å². The molecule has 0 saturated carbocycles. The predicted octanol–water partition coefficient (Wildman–Crippen LogP) is 0.458. The van der Waals surface area contributed by atoms with Gasteiger partial charge in [0.1, 0.15) is 6.04 Å². The molecule has 16 heavy (non-hydrogen) atoms. The highest BCUT2D eigenvalue weighted by Crippen LogP contribution is 1.97.